The summed E-state index contributed by atoms with van der Waals surface area (Å²) < 4.78 is 5.09. The molecule has 2 unspecified atom stereocenters. The van der Waals surface area contributed by atoms with E-state index in [1.54, 1.807) is 30.3 Å². The second-order valence-corrected chi connectivity index (χ2v) is 4.15. The predicted octanol–water partition coefficient (Wildman–Crippen LogP) is 1.38. The first-order chi connectivity index (χ1) is 8.16. The Morgan fingerprint density at radius 2 is 2.06 bits per heavy atom. The smallest absolute Gasteiger partial charge is 0.339 e. The fourth-order valence-electron chi connectivity index (χ4n) is 1.88. The van der Waals surface area contributed by atoms with E-state index >= 15 is 0 Å². The zero-order valence-corrected chi connectivity index (χ0v) is 9.33. The molecule has 2 atom stereocenters. The normalized spacial score (nSPS) is 21.2. The molecule has 0 aromatic heterocycles. The van der Waals surface area contributed by atoms with Gasteiger partial charge in [0.05, 0.1) is 0 Å². The summed E-state index contributed by atoms with van der Waals surface area (Å²) in [5.41, 5.74) is 0.502. The van der Waals surface area contributed by atoms with Crippen molar-refractivity contribution < 1.29 is 19.4 Å². The van der Waals surface area contributed by atoms with E-state index in [-0.39, 0.29) is 18.3 Å². The third-order valence-electron chi connectivity index (χ3n) is 2.82. The molecule has 2 rings (SSSR count). The van der Waals surface area contributed by atoms with Gasteiger partial charge in [-0.05, 0) is 12.0 Å². The zero-order valence-electron chi connectivity index (χ0n) is 9.33. The third kappa shape index (κ3) is 2.91. The lowest BCUT2D eigenvalue weighted by Crippen LogP contribution is -2.21. The molecule has 1 fully saturated rings. The van der Waals surface area contributed by atoms with Crippen LogP contribution in [0.1, 0.15) is 30.9 Å². The average Bonchev–Trinajstić information content (AvgIpc) is 2.75. The SMILES string of the molecule is O=C1CCC(OC(=O)C(O)c2ccccc2)C1. The van der Waals surface area contributed by atoms with Crippen molar-refractivity contribution in [2.24, 2.45) is 0 Å². The standard InChI is InChI=1S/C13H14O4/c14-10-6-7-11(8-10)17-13(16)12(15)9-4-2-1-3-5-9/h1-5,11-12,15H,6-8H2. The third-order valence-corrected chi connectivity index (χ3v) is 2.82. The highest BCUT2D eigenvalue weighted by molar-refractivity contribution is 5.82. The highest BCUT2D eigenvalue weighted by atomic mass is 16.6. The van der Waals surface area contributed by atoms with E-state index < -0.39 is 12.1 Å². The van der Waals surface area contributed by atoms with Gasteiger partial charge in [0.15, 0.2) is 6.10 Å². The lowest BCUT2D eigenvalue weighted by atomic mass is 10.1. The zero-order chi connectivity index (χ0) is 12.3. The first kappa shape index (κ1) is 11.8. The number of aliphatic hydroxyl groups is 1. The molecule has 1 aliphatic carbocycles. The van der Waals surface area contributed by atoms with Gasteiger partial charge in [0.25, 0.3) is 0 Å². The summed E-state index contributed by atoms with van der Waals surface area (Å²) in [6.07, 6.45) is -0.348. The van der Waals surface area contributed by atoms with Crippen molar-refractivity contribution in [2.45, 2.75) is 31.5 Å². The Bertz CT molecular complexity index is 413. The molecule has 1 aliphatic rings. The topological polar surface area (TPSA) is 63.6 Å². The number of benzene rings is 1. The van der Waals surface area contributed by atoms with Crippen molar-refractivity contribution in [1.29, 1.82) is 0 Å². The monoisotopic (exact) mass is 234 g/mol. The van der Waals surface area contributed by atoms with Crippen LogP contribution in [0, 0.1) is 0 Å². The molecule has 4 heteroatoms. The van der Waals surface area contributed by atoms with Crippen LogP contribution in [0.4, 0.5) is 0 Å². The minimum absolute atomic E-state index is 0.108. The van der Waals surface area contributed by atoms with Crippen molar-refractivity contribution in [1.82, 2.24) is 0 Å². The van der Waals surface area contributed by atoms with E-state index in [1.165, 1.54) is 0 Å². The highest BCUT2D eigenvalue weighted by Crippen LogP contribution is 2.21. The molecule has 0 radical (unpaired) electrons. The number of rotatable bonds is 3. The Balaban J connectivity index is 1.94. The Hall–Kier alpha value is -1.68. The van der Waals surface area contributed by atoms with Gasteiger partial charge in [-0.3, -0.25) is 4.79 Å². The summed E-state index contributed by atoms with van der Waals surface area (Å²) in [5, 5.41) is 9.76. The molecule has 0 aliphatic heterocycles. The number of carbonyl (C=O) groups is 2. The van der Waals surface area contributed by atoms with Crippen LogP contribution in [0.5, 0.6) is 0 Å². The second-order valence-electron chi connectivity index (χ2n) is 4.15. The summed E-state index contributed by atoms with van der Waals surface area (Å²) in [7, 11) is 0. The molecule has 1 aromatic carbocycles. The average molecular weight is 234 g/mol. The molecule has 1 saturated carbocycles. The van der Waals surface area contributed by atoms with Gasteiger partial charge in [0.1, 0.15) is 11.9 Å². The maximum Gasteiger partial charge on any atom is 0.339 e. The molecule has 4 nitrogen and oxygen atoms in total. The van der Waals surface area contributed by atoms with E-state index in [9.17, 15) is 14.7 Å². The van der Waals surface area contributed by atoms with Crippen molar-refractivity contribution in [3.05, 3.63) is 35.9 Å². The van der Waals surface area contributed by atoms with Crippen LogP contribution in [-0.4, -0.2) is 23.0 Å². The fraction of sp³-hybridized carbons (Fsp3) is 0.385. The van der Waals surface area contributed by atoms with Gasteiger partial charge >= 0.3 is 5.97 Å². The molecule has 0 spiro atoms. The minimum atomic E-state index is -1.27. The number of hydrogen-bond acceptors (Lipinski definition) is 4. The summed E-state index contributed by atoms with van der Waals surface area (Å²) in [6.45, 7) is 0. The predicted molar refractivity (Wildman–Crippen MR) is 60.1 cm³/mol. The van der Waals surface area contributed by atoms with Gasteiger partial charge in [0, 0.05) is 12.8 Å². The lowest BCUT2D eigenvalue weighted by molar-refractivity contribution is -0.159. The van der Waals surface area contributed by atoms with Crippen molar-refractivity contribution in [3.8, 4) is 0 Å². The fourth-order valence-corrected chi connectivity index (χ4v) is 1.88. The second kappa shape index (κ2) is 5.10. The Morgan fingerprint density at radius 3 is 2.65 bits per heavy atom. The van der Waals surface area contributed by atoms with Crippen LogP contribution in [0.25, 0.3) is 0 Å². The molecule has 90 valence electrons. The van der Waals surface area contributed by atoms with Gasteiger partial charge in [-0.15, -0.1) is 0 Å². The van der Waals surface area contributed by atoms with Gasteiger partial charge in [0.2, 0.25) is 0 Å². The number of esters is 1. The van der Waals surface area contributed by atoms with Crippen molar-refractivity contribution >= 4 is 11.8 Å². The number of hydrogen-bond donors (Lipinski definition) is 1. The van der Waals surface area contributed by atoms with Crippen molar-refractivity contribution in [2.75, 3.05) is 0 Å². The number of ketones is 1. The van der Waals surface area contributed by atoms with Crippen LogP contribution in [0.3, 0.4) is 0 Å². The van der Waals surface area contributed by atoms with Crippen LogP contribution in [0.2, 0.25) is 0 Å². The highest BCUT2D eigenvalue weighted by Gasteiger charge is 2.28. The molecule has 0 bridgehead atoms. The van der Waals surface area contributed by atoms with E-state index in [1.807, 2.05) is 0 Å². The molecule has 17 heavy (non-hydrogen) atoms. The summed E-state index contributed by atoms with van der Waals surface area (Å²) in [6, 6.07) is 8.60. The lowest BCUT2D eigenvalue weighted by Gasteiger charge is -2.14. The molecule has 0 saturated heterocycles. The maximum atomic E-state index is 11.6. The van der Waals surface area contributed by atoms with Gasteiger partial charge < -0.3 is 9.84 Å². The molecular weight excluding hydrogens is 220 g/mol. The van der Waals surface area contributed by atoms with Crippen molar-refractivity contribution in [3.63, 3.8) is 0 Å². The van der Waals surface area contributed by atoms with Gasteiger partial charge in [-0.1, -0.05) is 30.3 Å². The Morgan fingerprint density at radius 1 is 1.35 bits per heavy atom. The number of Topliss-reactive ketones (excluding diaryl/α,β-unsaturated/α-hetero) is 1. The van der Waals surface area contributed by atoms with Gasteiger partial charge in [-0.2, -0.15) is 0 Å². The minimum Gasteiger partial charge on any atom is -0.460 e. The quantitative estimate of drug-likeness (QED) is 0.802. The van der Waals surface area contributed by atoms with Crippen LogP contribution in [0.15, 0.2) is 30.3 Å². The molecule has 0 heterocycles. The largest absolute Gasteiger partial charge is 0.460 e. The molecule has 1 N–H and O–H groups in total. The first-order valence-corrected chi connectivity index (χ1v) is 5.62. The summed E-state index contributed by atoms with van der Waals surface area (Å²) >= 11 is 0. The van der Waals surface area contributed by atoms with Crippen LogP contribution >= 0.6 is 0 Å². The Labute approximate surface area is 99.2 Å². The number of carbonyl (C=O) groups excluding carboxylic acids is 2. The van der Waals surface area contributed by atoms with Crippen LogP contribution < -0.4 is 0 Å². The van der Waals surface area contributed by atoms with E-state index in [4.69, 9.17) is 4.74 Å². The summed E-state index contributed by atoms with van der Waals surface area (Å²) in [4.78, 5) is 22.6. The molecule has 0 amide bonds. The number of ether oxygens (including phenoxy) is 1. The van der Waals surface area contributed by atoms with E-state index in [2.05, 4.69) is 0 Å². The number of aliphatic hydroxyl groups excluding tert-OH is 1. The van der Waals surface area contributed by atoms with E-state index in [0.29, 0.717) is 18.4 Å². The van der Waals surface area contributed by atoms with Gasteiger partial charge in [-0.25, -0.2) is 4.79 Å². The first-order valence-electron chi connectivity index (χ1n) is 5.62. The maximum absolute atomic E-state index is 11.6. The Kier molecular flexibility index (Phi) is 3.54. The van der Waals surface area contributed by atoms with E-state index in [0.717, 1.165) is 0 Å². The summed E-state index contributed by atoms with van der Waals surface area (Å²) in [5.74, 6) is -0.576. The molecule has 1 aromatic rings. The van der Waals surface area contributed by atoms with Crippen LogP contribution in [-0.2, 0) is 14.3 Å². The molecular formula is C13H14O4.